The quantitative estimate of drug-likeness (QED) is 0.620. The second kappa shape index (κ2) is 8.02. The van der Waals surface area contributed by atoms with Crippen molar-refractivity contribution < 1.29 is 14.1 Å². The first-order valence-electron chi connectivity index (χ1n) is 9.22. The summed E-state index contributed by atoms with van der Waals surface area (Å²) in [4.78, 5) is 18.8. The van der Waals surface area contributed by atoms with Crippen molar-refractivity contribution >= 4 is 17.5 Å². The highest BCUT2D eigenvalue weighted by molar-refractivity contribution is 6.30. The number of nitrogens with zero attached hydrogens (tertiary/aromatic N) is 3. The van der Waals surface area contributed by atoms with Crippen LogP contribution < -0.4 is 4.74 Å². The zero-order valence-corrected chi connectivity index (χ0v) is 16.2. The van der Waals surface area contributed by atoms with Crippen LogP contribution in [0.2, 0.25) is 5.02 Å². The SMILES string of the molecule is CCOc1ccccc1-c1nc(C2CC(=O)N(Cc3ccc(Cl)cc3)C2)no1. The van der Waals surface area contributed by atoms with E-state index in [2.05, 4.69) is 10.1 Å². The fourth-order valence-electron chi connectivity index (χ4n) is 3.34. The number of ether oxygens (including phenoxy) is 1. The average Bonchev–Trinajstić information content (AvgIpc) is 3.32. The van der Waals surface area contributed by atoms with Gasteiger partial charge >= 0.3 is 0 Å². The van der Waals surface area contributed by atoms with E-state index in [4.69, 9.17) is 20.9 Å². The summed E-state index contributed by atoms with van der Waals surface area (Å²) in [5.74, 6) is 1.65. The standard InChI is InChI=1S/C21H20ClN3O3/c1-2-27-18-6-4-3-5-17(18)21-23-20(24-28-21)15-11-19(26)25(13-15)12-14-7-9-16(22)10-8-14/h3-10,15H,2,11-13H2,1H3. The van der Waals surface area contributed by atoms with E-state index in [0.717, 1.165) is 11.1 Å². The van der Waals surface area contributed by atoms with Gasteiger partial charge in [0.1, 0.15) is 5.75 Å². The van der Waals surface area contributed by atoms with E-state index in [1.54, 1.807) is 0 Å². The Balaban J connectivity index is 1.49. The molecule has 0 N–H and O–H groups in total. The van der Waals surface area contributed by atoms with Gasteiger partial charge in [-0.05, 0) is 36.8 Å². The van der Waals surface area contributed by atoms with Gasteiger partial charge in [0.05, 0.1) is 12.2 Å². The van der Waals surface area contributed by atoms with E-state index >= 15 is 0 Å². The van der Waals surface area contributed by atoms with E-state index in [1.807, 2.05) is 60.4 Å². The third-order valence-electron chi connectivity index (χ3n) is 4.73. The summed E-state index contributed by atoms with van der Waals surface area (Å²) in [7, 11) is 0. The van der Waals surface area contributed by atoms with Crippen molar-refractivity contribution in [3.05, 3.63) is 64.9 Å². The smallest absolute Gasteiger partial charge is 0.261 e. The molecule has 0 spiro atoms. The van der Waals surface area contributed by atoms with Gasteiger partial charge in [-0.2, -0.15) is 4.98 Å². The molecular formula is C21H20ClN3O3. The first-order chi connectivity index (χ1) is 13.6. The van der Waals surface area contributed by atoms with Gasteiger partial charge in [0.15, 0.2) is 5.82 Å². The van der Waals surface area contributed by atoms with Crippen molar-refractivity contribution in [1.82, 2.24) is 15.0 Å². The summed E-state index contributed by atoms with van der Waals surface area (Å²) in [5.41, 5.74) is 1.79. The Kier molecular flexibility index (Phi) is 5.30. The van der Waals surface area contributed by atoms with Gasteiger partial charge in [-0.25, -0.2) is 0 Å². The first kappa shape index (κ1) is 18.5. The van der Waals surface area contributed by atoms with Crippen molar-refractivity contribution in [2.45, 2.75) is 25.8 Å². The number of likely N-dealkylation sites (tertiary alicyclic amines) is 1. The second-order valence-corrected chi connectivity index (χ2v) is 7.13. The topological polar surface area (TPSA) is 68.5 Å². The molecule has 1 amide bonds. The maximum atomic E-state index is 12.4. The Morgan fingerprint density at radius 2 is 2.00 bits per heavy atom. The zero-order valence-electron chi connectivity index (χ0n) is 15.5. The molecule has 0 saturated carbocycles. The number of aromatic nitrogens is 2. The second-order valence-electron chi connectivity index (χ2n) is 6.69. The minimum atomic E-state index is -0.0865. The highest BCUT2D eigenvalue weighted by Crippen LogP contribution is 2.32. The fourth-order valence-corrected chi connectivity index (χ4v) is 3.47. The van der Waals surface area contributed by atoms with Crippen molar-refractivity contribution in [3.63, 3.8) is 0 Å². The number of hydrogen-bond donors (Lipinski definition) is 0. The summed E-state index contributed by atoms with van der Waals surface area (Å²) in [6.07, 6.45) is 0.375. The Hall–Kier alpha value is -2.86. The zero-order chi connectivity index (χ0) is 19.5. The van der Waals surface area contributed by atoms with Gasteiger partial charge in [-0.3, -0.25) is 4.79 Å². The molecule has 1 atom stereocenters. The molecule has 4 rings (SSSR count). The van der Waals surface area contributed by atoms with Gasteiger partial charge in [0.25, 0.3) is 5.89 Å². The minimum absolute atomic E-state index is 0.0843. The van der Waals surface area contributed by atoms with Gasteiger partial charge < -0.3 is 14.2 Å². The number of rotatable bonds is 6. The summed E-state index contributed by atoms with van der Waals surface area (Å²) in [5, 5.41) is 4.81. The maximum Gasteiger partial charge on any atom is 0.261 e. The molecular weight excluding hydrogens is 378 g/mol. The molecule has 2 aromatic carbocycles. The lowest BCUT2D eigenvalue weighted by Crippen LogP contribution is -2.24. The van der Waals surface area contributed by atoms with Crippen LogP contribution in [0.1, 0.15) is 30.7 Å². The van der Waals surface area contributed by atoms with E-state index in [1.165, 1.54) is 0 Å². The van der Waals surface area contributed by atoms with Crippen molar-refractivity contribution in [3.8, 4) is 17.2 Å². The molecule has 6 nitrogen and oxygen atoms in total. The first-order valence-corrected chi connectivity index (χ1v) is 9.60. The number of carbonyl (C=O) groups is 1. The third-order valence-corrected chi connectivity index (χ3v) is 4.98. The van der Waals surface area contributed by atoms with E-state index in [0.29, 0.717) is 48.6 Å². The normalized spacial score (nSPS) is 16.6. The lowest BCUT2D eigenvalue weighted by Gasteiger charge is -2.16. The molecule has 7 heteroatoms. The van der Waals surface area contributed by atoms with Crippen LogP contribution in [-0.2, 0) is 11.3 Å². The molecule has 0 bridgehead atoms. The molecule has 0 radical (unpaired) electrons. The van der Waals surface area contributed by atoms with Crippen molar-refractivity contribution in [2.75, 3.05) is 13.2 Å². The Labute approximate surface area is 168 Å². The number of amides is 1. The molecule has 28 heavy (non-hydrogen) atoms. The highest BCUT2D eigenvalue weighted by atomic mass is 35.5. The number of para-hydroxylation sites is 1. The van der Waals surface area contributed by atoms with Crippen LogP contribution in [0.15, 0.2) is 53.1 Å². The fraction of sp³-hybridized carbons (Fsp3) is 0.286. The number of hydrogen-bond acceptors (Lipinski definition) is 5. The van der Waals surface area contributed by atoms with Crippen molar-refractivity contribution in [1.29, 1.82) is 0 Å². The van der Waals surface area contributed by atoms with Crippen LogP contribution in [0.4, 0.5) is 0 Å². The Morgan fingerprint density at radius 1 is 1.21 bits per heavy atom. The largest absolute Gasteiger partial charge is 0.493 e. The molecule has 1 aromatic heterocycles. The lowest BCUT2D eigenvalue weighted by atomic mass is 10.1. The molecule has 1 unspecified atom stereocenters. The van der Waals surface area contributed by atoms with E-state index < -0.39 is 0 Å². The van der Waals surface area contributed by atoms with Crippen LogP contribution in [0.25, 0.3) is 11.5 Å². The number of benzene rings is 2. The van der Waals surface area contributed by atoms with Crippen LogP contribution in [0.3, 0.4) is 0 Å². The number of carbonyl (C=O) groups excluding carboxylic acids is 1. The van der Waals surface area contributed by atoms with Crippen molar-refractivity contribution in [2.24, 2.45) is 0 Å². The predicted octanol–water partition coefficient (Wildman–Crippen LogP) is 4.30. The molecule has 1 aliphatic rings. The van der Waals surface area contributed by atoms with Crippen LogP contribution in [0, 0.1) is 0 Å². The van der Waals surface area contributed by atoms with E-state index in [-0.39, 0.29) is 11.8 Å². The highest BCUT2D eigenvalue weighted by Gasteiger charge is 2.34. The van der Waals surface area contributed by atoms with Gasteiger partial charge in [0, 0.05) is 30.5 Å². The third kappa shape index (κ3) is 3.87. The van der Waals surface area contributed by atoms with Crippen LogP contribution in [-0.4, -0.2) is 34.1 Å². The lowest BCUT2D eigenvalue weighted by molar-refractivity contribution is -0.128. The molecule has 2 heterocycles. The summed E-state index contributed by atoms with van der Waals surface area (Å²) in [6.45, 7) is 3.59. The summed E-state index contributed by atoms with van der Waals surface area (Å²) in [6, 6.07) is 15.1. The minimum Gasteiger partial charge on any atom is -0.493 e. The Bertz CT molecular complexity index is 971. The predicted molar refractivity (Wildman–Crippen MR) is 105 cm³/mol. The van der Waals surface area contributed by atoms with Crippen LogP contribution >= 0.6 is 11.6 Å². The average molecular weight is 398 g/mol. The van der Waals surface area contributed by atoms with Crippen LogP contribution in [0.5, 0.6) is 5.75 Å². The molecule has 144 valence electrons. The van der Waals surface area contributed by atoms with Gasteiger partial charge in [-0.1, -0.05) is 41.0 Å². The maximum absolute atomic E-state index is 12.4. The molecule has 1 saturated heterocycles. The molecule has 1 aliphatic heterocycles. The summed E-state index contributed by atoms with van der Waals surface area (Å²) < 4.78 is 11.1. The molecule has 0 aliphatic carbocycles. The summed E-state index contributed by atoms with van der Waals surface area (Å²) >= 11 is 5.93. The number of halogens is 1. The monoisotopic (exact) mass is 397 g/mol. The van der Waals surface area contributed by atoms with E-state index in [9.17, 15) is 4.79 Å². The molecule has 1 fully saturated rings. The van der Waals surface area contributed by atoms with Gasteiger partial charge in [-0.15, -0.1) is 0 Å². The van der Waals surface area contributed by atoms with Gasteiger partial charge in [0.2, 0.25) is 5.91 Å². The molecule has 3 aromatic rings. The Morgan fingerprint density at radius 3 is 2.79 bits per heavy atom.